The summed E-state index contributed by atoms with van der Waals surface area (Å²) in [6, 6.07) is 12.0. The number of piperidine rings is 1. The Bertz CT molecular complexity index is 828. The molecule has 5 nitrogen and oxygen atoms in total. The number of nitrogens with zero attached hydrogens (tertiary/aromatic N) is 3. The molecule has 1 spiro atoms. The van der Waals surface area contributed by atoms with Crippen molar-refractivity contribution in [1.29, 1.82) is 0 Å². The molecule has 3 fully saturated rings. The van der Waals surface area contributed by atoms with Gasteiger partial charge in [0, 0.05) is 61.8 Å². The number of rotatable bonds is 4. The molecule has 154 valence electrons. The highest BCUT2D eigenvalue weighted by Gasteiger charge is 2.41. The molecule has 5 heteroatoms. The van der Waals surface area contributed by atoms with Crippen molar-refractivity contribution >= 4 is 5.91 Å². The van der Waals surface area contributed by atoms with Gasteiger partial charge in [-0.2, -0.15) is 0 Å². The standard InChI is InChI=1S/C24H31N3O2/c28-23(21-6-8-22(9-7-21)26-11-1-2-12-26)27-13-3-10-24(18-27)17-25(14-15-29-19-24)16-20-4-5-20/h1-2,6-9,11-12,20H,3-5,10,13-19H2/t24-/m0/s1. The molecule has 0 bridgehead atoms. The summed E-state index contributed by atoms with van der Waals surface area (Å²) >= 11 is 0. The maximum absolute atomic E-state index is 13.2. The summed E-state index contributed by atoms with van der Waals surface area (Å²) in [7, 11) is 0. The Morgan fingerprint density at radius 1 is 1.07 bits per heavy atom. The summed E-state index contributed by atoms with van der Waals surface area (Å²) in [6.45, 7) is 6.58. The van der Waals surface area contributed by atoms with Gasteiger partial charge in [0.05, 0.1) is 13.2 Å². The smallest absolute Gasteiger partial charge is 0.253 e. The monoisotopic (exact) mass is 393 g/mol. The molecule has 1 aromatic carbocycles. The van der Waals surface area contributed by atoms with Crippen molar-refractivity contribution in [2.75, 3.05) is 45.9 Å². The Morgan fingerprint density at radius 3 is 2.62 bits per heavy atom. The van der Waals surface area contributed by atoms with Crippen LogP contribution in [0.2, 0.25) is 0 Å². The third kappa shape index (κ3) is 4.26. The minimum Gasteiger partial charge on any atom is -0.379 e. The molecule has 1 aromatic heterocycles. The molecule has 1 amide bonds. The molecule has 2 aromatic rings. The zero-order chi connectivity index (χ0) is 19.7. The van der Waals surface area contributed by atoms with E-state index < -0.39 is 0 Å². The zero-order valence-electron chi connectivity index (χ0n) is 17.1. The van der Waals surface area contributed by atoms with Crippen LogP contribution in [0.25, 0.3) is 5.69 Å². The molecular weight excluding hydrogens is 362 g/mol. The molecule has 2 saturated heterocycles. The van der Waals surface area contributed by atoms with E-state index in [-0.39, 0.29) is 11.3 Å². The lowest BCUT2D eigenvalue weighted by molar-refractivity contribution is 0.00717. The van der Waals surface area contributed by atoms with Gasteiger partial charge in [0.15, 0.2) is 0 Å². The number of amides is 1. The molecule has 0 radical (unpaired) electrons. The van der Waals surface area contributed by atoms with Gasteiger partial charge in [-0.1, -0.05) is 0 Å². The number of likely N-dealkylation sites (tertiary alicyclic amines) is 1. The second-order valence-electron chi connectivity index (χ2n) is 9.20. The number of hydrogen-bond donors (Lipinski definition) is 0. The zero-order valence-corrected chi connectivity index (χ0v) is 17.1. The summed E-state index contributed by atoms with van der Waals surface area (Å²) < 4.78 is 8.09. The first-order chi connectivity index (χ1) is 14.2. The van der Waals surface area contributed by atoms with Gasteiger partial charge in [0.1, 0.15) is 0 Å². The molecule has 1 aliphatic carbocycles. The Labute approximate surface area is 173 Å². The molecular formula is C24H31N3O2. The number of benzene rings is 1. The Hall–Kier alpha value is -2.11. The second kappa shape index (κ2) is 7.96. The highest BCUT2D eigenvalue weighted by atomic mass is 16.5. The summed E-state index contributed by atoms with van der Waals surface area (Å²) in [5.41, 5.74) is 1.95. The quantitative estimate of drug-likeness (QED) is 0.799. The number of carbonyl (C=O) groups is 1. The van der Waals surface area contributed by atoms with Gasteiger partial charge < -0.3 is 19.1 Å². The normalized spacial score (nSPS) is 25.9. The Balaban J connectivity index is 1.28. The minimum atomic E-state index is 0.0877. The topological polar surface area (TPSA) is 37.7 Å². The Kier molecular flexibility index (Phi) is 5.18. The van der Waals surface area contributed by atoms with Crippen LogP contribution in [0.15, 0.2) is 48.8 Å². The van der Waals surface area contributed by atoms with Crippen LogP contribution in [0.1, 0.15) is 36.0 Å². The predicted octanol–water partition coefficient (Wildman–Crippen LogP) is 3.44. The third-order valence-electron chi connectivity index (χ3n) is 6.70. The summed E-state index contributed by atoms with van der Waals surface area (Å²) in [5.74, 6) is 1.05. The van der Waals surface area contributed by atoms with Crippen LogP contribution in [0.5, 0.6) is 0 Å². The van der Waals surface area contributed by atoms with E-state index in [9.17, 15) is 4.79 Å². The number of ether oxygens (including phenoxy) is 1. The van der Waals surface area contributed by atoms with Gasteiger partial charge in [-0.15, -0.1) is 0 Å². The fraction of sp³-hybridized carbons (Fsp3) is 0.542. The van der Waals surface area contributed by atoms with Crippen LogP contribution in [0.3, 0.4) is 0 Å². The van der Waals surface area contributed by atoms with Crippen molar-refractivity contribution in [3.05, 3.63) is 54.4 Å². The van der Waals surface area contributed by atoms with E-state index in [1.165, 1.54) is 19.4 Å². The average Bonchev–Trinajstić information content (AvgIpc) is 3.44. The summed E-state index contributed by atoms with van der Waals surface area (Å²) in [5, 5.41) is 0. The first kappa shape index (κ1) is 18.9. The van der Waals surface area contributed by atoms with Gasteiger partial charge in [0.2, 0.25) is 0 Å². The van der Waals surface area contributed by atoms with E-state index in [1.807, 2.05) is 48.8 Å². The lowest BCUT2D eigenvalue weighted by atomic mass is 9.79. The lowest BCUT2D eigenvalue weighted by Crippen LogP contribution is -2.52. The second-order valence-corrected chi connectivity index (χ2v) is 9.20. The van der Waals surface area contributed by atoms with Gasteiger partial charge >= 0.3 is 0 Å². The predicted molar refractivity (Wildman–Crippen MR) is 113 cm³/mol. The third-order valence-corrected chi connectivity index (χ3v) is 6.70. The fourth-order valence-corrected chi connectivity index (χ4v) is 5.00. The van der Waals surface area contributed by atoms with E-state index >= 15 is 0 Å². The molecule has 3 heterocycles. The highest BCUT2D eigenvalue weighted by molar-refractivity contribution is 5.94. The molecule has 3 aliphatic rings. The van der Waals surface area contributed by atoms with Gasteiger partial charge in [-0.05, 0) is 68.0 Å². The molecule has 0 N–H and O–H groups in total. The van der Waals surface area contributed by atoms with Gasteiger partial charge in [-0.3, -0.25) is 4.79 Å². The molecule has 2 aliphatic heterocycles. The largest absolute Gasteiger partial charge is 0.379 e. The maximum Gasteiger partial charge on any atom is 0.253 e. The van der Waals surface area contributed by atoms with Gasteiger partial charge in [0.25, 0.3) is 5.91 Å². The molecule has 5 rings (SSSR count). The van der Waals surface area contributed by atoms with Crippen LogP contribution >= 0.6 is 0 Å². The van der Waals surface area contributed by atoms with Crippen LogP contribution in [0.4, 0.5) is 0 Å². The minimum absolute atomic E-state index is 0.0877. The van der Waals surface area contributed by atoms with E-state index in [4.69, 9.17) is 4.74 Å². The van der Waals surface area contributed by atoms with E-state index in [0.717, 1.165) is 69.4 Å². The lowest BCUT2D eigenvalue weighted by Gasteiger charge is -2.43. The highest BCUT2D eigenvalue weighted by Crippen LogP contribution is 2.36. The van der Waals surface area contributed by atoms with Crippen molar-refractivity contribution in [3.8, 4) is 5.69 Å². The van der Waals surface area contributed by atoms with Crippen molar-refractivity contribution in [2.24, 2.45) is 11.3 Å². The molecule has 1 atom stereocenters. The van der Waals surface area contributed by atoms with Crippen LogP contribution in [-0.2, 0) is 4.74 Å². The van der Waals surface area contributed by atoms with Crippen molar-refractivity contribution in [2.45, 2.75) is 25.7 Å². The molecule has 0 unspecified atom stereocenters. The number of hydrogen-bond acceptors (Lipinski definition) is 3. The van der Waals surface area contributed by atoms with E-state index in [2.05, 4.69) is 14.4 Å². The fourth-order valence-electron chi connectivity index (χ4n) is 5.00. The van der Waals surface area contributed by atoms with Crippen molar-refractivity contribution in [3.63, 3.8) is 0 Å². The van der Waals surface area contributed by atoms with E-state index in [1.54, 1.807) is 0 Å². The maximum atomic E-state index is 13.2. The van der Waals surface area contributed by atoms with E-state index in [0.29, 0.717) is 0 Å². The SMILES string of the molecule is O=C(c1ccc(-n2cccc2)cc1)N1CCC[C@@]2(COCCN(CC3CC3)C2)C1. The number of aromatic nitrogens is 1. The number of carbonyl (C=O) groups excluding carboxylic acids is 1. The van der Waals surface area contributed by atoms with Crippen LogP contribution in [0, 0.1) is 11.3 Å². The Morgan fingerprint density at radius 2 is 1.86 bits per heavy atom. The van der Waals surface area contributed by atoms with Crippen molar-refractivity contribution < 1.29 is 9.53 Å². The first-order valence-corrected chi connectivity index (χ1v) is 11.0. The first-order valence-electron chi connectivity index (χ1n) is 11.0. The molecule has 1 saturated carbocycles. The summed E-state index contributed by atoms with van der Waals surface area (Å²) in [6.07, 6.45) is 9.02. The average molecular weight is 394 g/mol. The van der Waals surface area contributed by atoms with Crippen LogP contribution < -0.4 is 0 Å². The van der Waals surface area contributed by atoms with Gasteiger partial charge in [-0.25, -0.2) is 0 Å². The summed E-state index contributed by atoms with van der Waals surface area (Å²) in [4.78, 5) is 17.9. The molecule has 29 heavy (non-hydrogen) atoms. The van der Waals surface area contributed by atoms with Crippen LogP contribution in [-0.4, -0.2) is 66.2 Å². The van der Waals surface area contributed by atoms with Crippen molar-refractivity contribution in [1.82, 2.24) is 14.4 Å².